The molecule has 0 N–H and O–H groups in total. The third-order valence-electron chi connectivity index (χ3n) is 5.57. The summed E-state index contributed by atoms with van der Waals surface area (Å²) in [5.74, 6) is -1.26. The average Bonchev–Trinajstić information content (AvgIpc) is 2.75. The molecule has 0 aliphatic rings. The standard InChI is InChI=1S/C26H21F5O/c1-2-3-4-5-17-8-12-21-20-13-9-18(14-22(20)24(27)15-23(21)25(17)28)16-6-10-19(11-7-16)32-26(29,30)31/h6-15H,2-5H2,1H3. The van der Waals surface area contributed by atoms with Gasteiger partial charge in [0.1, 0.15) is 17.4 Å². The average molecular weight is 444 g/mol. The van der Waals surface area contributed by atoms with Crippen molar-refractivity contribution >= 4 is 21.5 Å². The van der Waals surface area contributed by atoms with Gasteiger partial charge in [-0.05, 0) is 64.6 Å². The fraction of sp³-hybridized carbons (Fsp3) is 0.231. The summed E-state index contributed by atoms with van der Waals surface area (Å²) in [7, 11) is 0. The van der Waals surface area contributed by atoms with Gasteiger partial charge in [0.05, 0.1) is 0 Å². The van der Waals surface area contributed by atoms with Gasteiger partial charge in [0.25, 0.3) is 0 Å². The fourth-order valence-electron chi connectivity index (χ4n) is 3.98. The molecular weight excluding hydrogens is 423 g/mol. The number of alkyl halides is 3. The van der Waals surface area contributed by atoms with E-state index < -0.39 is 12.2 Å². The highest BCUT2D eigenvalue weighted by atomic mass is 19.4. The van der Waals surface area contributed by atoms with Crippen LogP contribution in [0.2, 0.25) is 0 Å². The first-order valence-electron chi connectivity index (χ1n) is 10.5. The maximum atomic E-state index is 15.0. The smallest absolute Gasteiger partial charge is 0.406 e. The van der Waals surface area contributed by atoms with Crippen molar-refractivity contribution < 1.29 is 26.7 Å². The highest BCUT2D eigenvalue weighted by Gasteiger charge is 2.31. The molecule has 0 aromatic heterocycles. The Bertz CT molecular complexity index is 1260. The Balaban J connectivity index is 1.72. The zero-order valence-corrected chi connectivity index (χ0v) is 17.4. The topological polar surface area (TPSA) is 9.23 Å². The van der Waals surface area contributed by atoms with Crippen LogP contribution < -0.4 is 4.74 Å². The Morgan fingerprint density at radius 1 is 0.719 bits per heavy atom. The van der Waals surface area contributed by atoms with E-state index in [4.69, 9.17) is 0 Å². The minimum atomic E-state index is -4.76. The molecule has 32 heavy (non-hydrogen) atoms. The van der Waals surface area contributed by atoms with Gasteiger partial charge in [0.2, 0.25) is 0 Å². The van der Waals surface area contributed by atoms with E-state index in [-0.39, 0.29) is 17.0 Å². The summed E-state index contributed by atoms with van der Waals surface area (Å²) in [5.41, 5.74) is 1.83. The minimum absolute atomic E-state index is 0.255. The van der Waals surface area contributed by atoms with Gasteiger partial charge in [-0.3, -0.25) is 0 Å². The quantitative estimate of drug-likeness (QED) is 0.164. The van der Waals surface area contributed by atoms with Crippen molar-refractivity contribution in [1.82, 2.24) is 0 Å². The predicted molar refractivity (Wildman–Crippen MR) is 117 cm³/mol. The van der Waals surface area contributed by atoms with E-state index in [2.05, 4.69) is 11.7 Å². The summed E-state index contributed by atoms with van der Waals surface area (Å²) in [6.45, 7) is 2.08. The summed E-state index contributed by atoms with van der Waals surface area (Å²) >= 11 is 0. The van der Waals surface area contributed by atoms with Crippen LogP contribution in [-0.2, 0) is 6.42 Å². The Morgan fingerprint density at radius 3 is 2.06 bits per heavy atom. The summed E-state index contributed by atoms with van der Waals surface area (Å²) in [4.78, 5) is 0. The van der Waals surface area contributed by atoms with Crippen LogP contribution in [-0.4, -0.2) is 6.36 Å². The van der Waals surface area contributed by atoms with Crippen LogP contribution in [0.4, 0.5) is 22.0 Å². The Morgan fingerprint density at radius 2 is 1.38 bits per heavy atom. The summed E-state index contributed by atoms with van der Waals surface area (Å²) < 4.78 is 71.0. The Hall–Kier alpha value is -3.15. The van der Waals surface area contributed by atoms with Crippen LogP contribution in [0, 0.1) is 11.6 Å². The number of rotatable bonds is 6. The van der Waals surface area contributed by atoms with E-state index >= 15 is 4.39 Å². The number of hydrogen-bond donors (Lipinski definition) is 0. The van der Waals surface area contributed by atoms with Crippen LogP contribution in [0.5, 0.6) is 5.75 Å². The summed E-state index contributed by atoms with van der Waals surface area (Å²) in [5, 5.41) is 1.78. The molecule has 0 unspecified atom stereocenters. The molecule has 0 saturated carbocycles. The van der Waals surface area contributed by atoms with E-state index in [1.807, 2.05) is 6.07 Å². The second-order valence-corrected chi connectivity index (χ2v) is 7.78. The number of hydrogen-bond acceptors (Lipinski definition) is 1. The third-order valence-corrected chi connectivity index (χ3v) is 5.57. The van der Waals surface area contributed by atoms with Gasteiger partial charge in [-0.15, -0.1) is 13.2 Å². The van der Waals surface area contributed by atoms with E-state index in [0.29, 0.717) is 39.3 Å². The molecule has 0 spiro atoms. The van der Waals surface area contributed by atoms with Crippen LogP contribution in [0.25, 0.3) is 32.7 Å². The van der Waals surface area contributed by atoms with Crippen LogP contribution in [0.15, 0.2) is 60.7 Å². The molecule has 1 nitrogen and oxygen atoms in total. The first kappa shape index (κ1) is 22.1. The molecule has 166 valence electrons. The molecule has 0 aliphatic carbocycles. The lowest BCUT2D eigenvalue weighted by atomic mass is 9.94. The van der Waals surface area contributed by atoms with Crippen molar-refractivity contribution in [2.45, 2.75) is 39.0 Å². The van der Waals surface area contributed by atoms with Gasteiger partial charge in [0, 0.05) is 10.8 Å². The molecule has 6 heteroatoms. The monoisotopic (exact) mass is 444 g/mol. The number of benzene rings is 4. The largest absolute Gasteiger partial charge is 0.573 e. The maximum absolute atomic E-state index is 15.0. The van der Waals surface area contributed by atoms with Crippen molar-refractivity contribution in [2.75, 3.05) is 0 Å². The lowest BCUT2D eigenvalue weighted by Crippen LogP contribution is -2.16. The van der Waals surface area contributed by atoms with Crippen molar-refractivity contribution in [3.63, 3.8) is 0 Å². The third kappa shape index (κ3) is 4.54. The highest BCUT2D eigenvalue weighted by molar-refractivity contribution is 6.09. The second kappa shape index (κ2) is 8.77. The number of halogens is 5. The number of ether oxygens (including phenoxy) is 1. The Kier molecular flexibility index (Phi) is 6.04. The van der Waals surface area contributed by atoms with Crippen LogP contribution in [0.1, 0.15) is 31.7 Å². The number of fused-ring (bicyclic) bond motifs is 3. The zero-order chi connectivity index (χ0) is 22.9. The van der Waals surface area contributed by atoms with Crippen molar-refractivity contribution in [1.29, 1.82) is 0 Å². The minimum Gasteiger partial charge on any atom is -0.406 e. The van der Waals surface area contributed by atoms with Gasteiger partial charge in [-0.1, -0.05) is 56.2 Å². The Labute approximate surface area is 182 Å². The zero-order valence-electron chi connectivity index (χ0n) is 17.4. The van der Waals surface area contributed by atoms with Crippen molar-refractivity contribution in [3.8, 4) is 16.9 Å². The predicted octanol–water partition coefficient (Wildman–Crippen LogP) is 8.57. The number of aryl methyl sites for hydroxylation is 1. The molecule has 4 aromatic rings. The maximum Gasteiger partial charge on any atom is 0.573 e. The van der Waals surface area contributed by atoms with E-state index in [1.165, 1.54) is 30.3 Å². The molecule has 0 aliphatic heterocycles. The molecule has 0 bridgehead atoms. The molecular formula is C26H21F5O. The van der Waals surface area contributed by atoms with Gasteiger partial charge in [-0.25, -0.2) is 8.78 Å². The lowest BCUT2D eigenvalue weighted by Gasteiger charge is -2.12. The molecule has 0 radical (unpaired) electrons. The van der Waals surface area contributed by atoms with Crippen LogP contribution >= 0.6 is 0 Å². The molecule has 0 amide bonds. The SMILES string of the molecule is CCCCCc1ccc2c(cc(F)c3cc(-c4ccc(OC(F)(F)F)cc4)ccc32)c1F. The molecule has 4 rings (SSSR count). The highest BCUT2D eigenvalue weighted by Crippen LogP contribution is 2.34. The van der Waals surface area contributed by atoms with Gasteiger partial charge < -0.3 is 4.74 Å². The first-order valence-corrected chi connectivity index (χ1v) is 10.5. The summed E-state index contributed by atoms with van der Waals surface area (Å²) in [6.07, 6.45) is -1.22. The van der Waals surface area contributed by atoms with Gasteiger partial charge >= 0.3 is 6.36 Å². The van der Waals surface area contributed by atoms with Crippen molar-refractivity contribution in [3.05, 3.63) is 77.9 Å². The van der Waals surface area contributed by atoms with Gasteiger partial charge in [-0.2, -0.15) is 0 Å². The van der Waals surface area contributed by atoms with Gasteiger partial charge in [0.15, 0.2) is 0 Å². The van der Waals surface area contributed by atoms with E-state index in [0.717, 1.165) is 19.3 Å². The second-order valence-electron chi connectivity index (χ2n) is 7.78. The normalized spacial score (nSPS) is 11.9. The van der Waals surface area contributed by atoms with E-state index in [1.54, 1.807) is 24.3 Å². The molecule has 4 aromatic carbocycles. The molecule has 0 atom stereocenters. The molecule has 0 saturated heterocycles. The summed E-state index contributed by atoms with van der Waals surface area (Å²) in [6, 6.07) is 15.3. The van der Waals surface area contributed by atoms with Crippen molar-refractivity contribution in [2.24, 2.45) is 0 Å². The van der Waals surface area contributed by atoms with Crippen LogP contribution in [0.3, 0.4) is 0 Å². The lowest BCUT2D eigenvalue weighted by molar-refractivity contribution is -0.274. The molecule has 0 fully saturated rings. The first-order chi connectivity index (χ1) is 15.3. The number of unbranched alkanes of at least 4 members (excludes halogenated alkanes) is 2. The molecule has 0 heterocycles. The fourth-order valence-corrected chi connectivity index (χ4v) is 3.98. The van der Waals surface area contributed by atoms with E-state index in [9.17, 15) is 17.6 Å².